The largest absolute Gasteiger partial charge is 0.395 e. The van der Waals surface area contributed by atoms with E-state index in [-0.39, 0.29) is 11.4 Å². The van der Waals surface area contributed by atoms with Gasteiger partial charge in [-0.05, 0) is 6.07 Å². The van der Waals surface area contributed by atoms with Crippen LogP contribution in [0.4, 0.5) is 11.4 Å². The van der Waals surface area contributed by atoms with Crippen molar-refractivity contribution >= 4 is 21.4 Å². The Labute approximate surface area is 91.9 Å². The minimum Gasteiger partial charge on any atom is -0.395 e. The SMILES string of the molecule is O=[N+]([O-])c1cccc(NS(=O)(=O)CCO)c1. The number of rotatable bonds is 5. The van der Waals surface area contributed by atoms with Crippen LogP contribution < -0.4 is 4.72 Å². The summed E-state index contributed by atoms with van der Waals surface area (Å²) in [7, 11) is -3.65. The Balaban J connectivity index is 2.90. The molecule has 1 rings (SSSR count). The lowest BCUT2D eigenvalue weighted by atomic mass is 10.3. The number of nitro groups is 1. The Morgan fingerprint density at radius 2 is 2.12 bits per heavy atom. The molecule has 7 nitrogen and oxygen atoms in total. The highest BCUT2D eigenvalue weighted by Gasteiger charge is 2.11. The van der Waals surface area contributed by atoms with Crippen molar-refractivity contribution in [1.82, 2.24) is 0 Å². The maximum absolute atomic E-state index is 11.2. The predicted molar refractivity (Wildman–Crippen MR) is 57.6 cm³/mol. The van der Waals surface area contributed by atoms with Gasteiger partial charge in [0.25, 0.3) is 5.69 Å². The van der Waals surface area contributed by atoms with E-state index in [2.05, 4.69) is 4.72 Å². The van der Waals surface area contributed by atoms with Gasteiger partial charge in [0.15, 0.2) is 0 Å². The fourth-order valence-electron chi connectivity index (χ4n) is 1.03. The van der Waals surface area contributed by atoms with E-state index < -0.39 is 27.3 Å². The Morgan fingerprint density at radius 1 is 1.44 bits per heavy atom. The van der Waals surface area contributed by atoms with Crippen LogP contribution in [0.15, 0.2) is 24.3 Å². The molecule has 0 bridgehead atoms. The molecule has 0 saturated carbocycles. The first-order valence-electron chi connectivity index (χ1n) is 4.30. The molecule has 0 amide bonds. The molecule has 88 valence electrons. The highest BCUT2D eigenvalue weighted by Crippen LogP contribution is 2.17. The molecule has 0 aliphatic heterocycles. The Morgan fingerprint density at radius 3 is 2.69 bits per heavy atom. The third kappa shape index (κ3) is 3.48. The van der Waals surface area contributed by atoms with E-state index in [4.69, 9.17) is 5.11 Å². The monoisotopic (exact) mass is 246 g/mol. The van der Waals surface area contributed by atoms with Gasteiger partial charge in [0.05, 0.1) is 23.0 Å². The van der Waals surface area contributed by atoms with Crippen LogP contribution in [0.2, 0.25) is 0 Å². The molecule has 0 spiro atoms. The zero-order valence-corrected chi connectivity index (χ0v) is 8.98. The van der Waals surface area contributed by atoms with Gasteiger partial charge in [-0.25, -0.2) is 8.42 Å². The van der Waals surface area contributed by atoms with E-state index in [1.807, 2.05) is 0 Å². The van der Waals surface area contributed by atoms with Crippen LogP contribution in [-0.4, -0.2) is 30.8 Å². The summed E-state index contributed by atoms with van der Waals surface area (Å²) < 4.78 is 24.6. The summed E-state index contributed by atoms with van der Waals surface area (Å²) in [6, 6.07) is 5.12. The Bertz CT molecular complexity index is 485. The summed E-state index contributed by atoms with van der Waals surface area (Å²) in [4.78, 5) is 9.81. The summed E-state index contributed by atoms with van der Waals surface area (Å²) in [5.41, 5.74) is -0.105. The number of hydrogen-bond donors (Lipinski definition) is 2. The van der Waals surface area contributed by atoms with Gasteiger partial charge in [-0.1, -0.05) is 6.07 Å². The van der Waals surface area contributed by atoms with E-state index >= 15 is 0 Å². The predicted octanol–water partition coefficient (Wildman–Crippen LogP) is 0.329. The number of aliphatic hydroxyl groups is 1. The van der Waals surface area contributed by atoms with Crippen LogP contribution in [0, 0.1) is 10.1 Å². The van der Waals surface area contributed by atoms with E-state index in [9.17, 15) is 18.5 Å². The number of hydrogen-bond acceptors (Lipinski definition) is 5. The number of anilines is 1. The van der Waals surface area contributed by atoms with Crippen molar-refractivity contribution < 1.29 is 18.4 Å². The van der Waals surface area contributed by atoms with Crippen LogP contribution in [0.3, 0.4) is 0 Å². The highest BCUT2D eigenvalue weighted by atomic mass is 32.2. The highest BCUT2D eigenvalue weighted by molar-refractivity contribution is 7.92. The van der Waals surface area contributed by atoms with Crippen molar-refractivity contribution in [3.8, 4) is 0 Å². The molecular weight excluding hydrogens is 236 g/mol. The quantitative estimate of drug-likeness (QED) is 0.574. The molecule has 0 unspecified atom stereocenters. The number of aliphatic hydroxyl groups excluding tert-OH is 1. The molecular formula is C8H10N2O5S. The second-order valence-corrected chi connectivity index (χ2v) is 4.79. The van der Waals surface area contributed by atoms with E-state index in [1.54, 1.807) is 0 Å². The topological polar surface area (TPSA) is 110 Å². The lowest BCUT2D eigenvalue weighted by Gasteiger charge is -2.05. The van der Waals surface area contributed by atoms with Crippen LogP contribution in [0.1, 0.15) is 0 Å². The van der Waals surface area contributed by atoms with Crippen LogP contribution in [0.5, 0.6) is 0 Å². The fraction of sp³-hybridized carbons (Fsp3) is 0.250. The minimum absolute atomic E-state index is 0.0997. The molecule has 0 atom stereocenters. The van der Waals surface area contributed by atoms with Gasteiger partial charge < -0.3 is 5.11 Å². The zero-order valence-electron chi connectivity index (χ0n) is 8.16. The first-order chi connectivity index (χ1) is 7.44. The molecule has 0 aromatic heterocycles. The maximum Gasteiger partial charge on any atom is 0.271 e. The van der Waals surface area contributed by atoms with Crippen LogP contribution in [-0.2, 0) is 10.0 Å². The number of benzene rings is 1. The van der Waals surface area contributed by atoms with Gasteiger partial charge in [0.2, 0.25) is 10.0 Å². The molecule has 0 aliphatic carbocycles. The van der Waals surface area contributed by atoms with Gasteiger partial charge in [-0.15, -0.1) is 0 Å². The minimum atomic E-state index is -3.65. The third-order valence-corrected chi connectivity index (χ3v) is 2.96. The molecule has 0 radical (unpaired) electrons. The Hall–Kier alpha value is -1.67. The number of nitrogens with one attached hydrogen (secondary N) is 1. The van der Waals surface area contributed by atoms with Crippen molar-refractivity contribution in [3.63, 3.8) is 0 Å². The lowest BCUT2D eigenvalue weighted by Crippen LogP contribution is -2.18. The standard InChI is InChI=1S/C8H10N2O5S/c11-4-5-16(14,15)9-7-2-1-3-8(6-7)10(12)13/h1-3,6,9,11H,4-5H2. The number of nitro benzene ring substituents is 1. The lowest BCUT2D eigenvalue weighted by molar-refractivity contribution is -0.384. The van der Waals surface area contributed by atoms with Crippen LogP contribution >= 0.6 is 0 Å². The molecule has 1 aromatic carbocycles. The molecule has 16 heavy (non-hydrogen) atoms. The molecule has 1 aromatic rings. The summed E-state index contributed by atoms with van der Waals surface area (Å²) in [6.45, 7) is -0.510. The normalized spacial score (nSPS) is 11.1. The summed E-state index contributed by atoms with van der Waals surface area (Å²) >= 11 is 0. The second-order valence-electron chi connectivity index (χ2n) is 2.95. The number of nitrogens with zero attached hydrogens (tertiary/aromatic N) is 1. The number of non-ortho nitro benzene ring substituents is 1. The molecule has 2 N–H and O–H groups in total. The Kier molecular flexibility index (Phi) is 3.80. The summed E-state index contributed by atoms with van der Waals surface area (Å²) in [5, 5.41) is 18.9. The van der Waals surface area contributed by atoms with Crippen molar-refractivity contribution in [2.24, 2.45) is 0 Å². The van der Waals surface area contributed by atoms with Gasteiger partial charge in [-0.2, -0.15) is 0 Å². The smallest absolute Gasteiger partial charge is 0.271 e. The van der Waals surface area contributed by atoms with Crippen LogP contribution in [0.25, 0.3) is 0 Å². The molecule has 0 fully saturated rings. The average molecular weight is 246 g/mol. The molecule has 0 heterocycles. The average Bonchev–Trinajstić information content (AvgIpc) is 2.17. The van der Waals surface area contributed by atoms with E-state index in [1.165, 1.54) is 18.2 Å². The third-order valence-electron chi connectivity index (χ3n) is 1.69. The van der Waals surface area contributed by atoms with Gasteiger partial charge in [0.1, 0.15) is 0 Å². The summed E-state index contributed by atoms with van der Waals surface area (Å²) in [6.07, 6.45) is 0. The first kappa shape index (κ1) is 12.4. The van der Waals surface area contributed by atoms with Gasteiger partial charge in [0, 0.05) is 12.1 Å². The fourth-order valence-corrected chi connectivity index (χ4v) is 1.86. The second kappa shape index (κ2) is 4.90. The maximum atomic E-state index is 11.2. The molecule has 8 heteroatoms. The zero-order chi connectivity index (χ0) is 12.2. The van der Waals surface area contributed by atoms with E-state index in [0.29, 0.717) is 0 Å². The molecule has 0 aliphatic rings. The van der Waals surface area contributed by atoms with Crippen molar-refractivity contribution in [2.75, 3.05) is 17.1 Å². The molecule has 0 saturated heterocycles. The van der Waals surface area contributed by atoms with Gasteiger partial charge >= 0.3 is 0 Å². The van der Waals surface area contributed by atoms with Gasteiger partial charge in [-0.3, -0.25) is 14.8 Å². The first-order valence-corrected chi connectivity index (χ1v) is 5.95. The van der Waals surface area contributed by atoms with Crippen molar-refractivity contribution in [2.45, 2.75) is 0 Å². The van der Waals surface area contributed by atoms with Crippen molar-refractivity contribution in [1.29, 1.82) is 0 Å². The summed E-state index contributed by atoms with van der Waals surface area (Å²) in [5.74, 6) is -0.449. The van der Waals surface area contributed by atoms with Crippen molar-refractivity contribution in [3.05, 3.63) is 34.4 Å². The van der Waals surface area contributed by atoms with E-state index in [0.717, 1.165) is 6.07 Å². The number of sulfonamides is 1.